The van der Waals surface area contributed by atoms with Crippen molar-refractivity contribution in [1.29, 1.82) is 0 Å². The van der Waals surface area contributed by atoms with Crippen molar-refractivity contribution in [1.82, 2.24) is 15.1 Å². The van der Waals surface area contributed by atoms with E-state index in [0.29, 0.717) is 11.4 Å². The summed E-state index contributed by atoms with van der Waals surface area (Å²) >= 11 is 0. The number of likely N-dealkylation sites (tertiary alicyclic amines) is 1. The topological polar surface area (TPSA) is 52.7 Å². The maximum Gasteiger partial charge on any atom is 0.406 e. The Morgan fingerprint density at radius 1 is 1.27 bits per heavy atom. The zero-order valence-electron chi connectivity index (χ0n) is 13.1. The minimum atomic E-state index is -4.44. The summed E-state index contributed by atoms with van der Waals surface area (Å²) in [4.78, 5) is 26.0. The van der Waals surface area contributed by atoms with E-state index in [2.05, 4.69) is 5.32 Å². The minimum Gasteiger partial charge on any atom is -0.335 e. The molecule has 0 unspecified atom stereocenters. The number of urea groups is 1. The van der Waals surface area contributed by atoms with Gasteiger partial charge in [-0.15, -0.1) is 0 Å². The number of rotatable bonds is 4. The molecule has 128 valence electrons. The average Bonchev–Trinajstić information content (AvgIpc) is 2.67. The molecule has 0 spiro atoms. The molecule has 22 heavy (non-hydrogen) atoms. The lowest BCUT2D eigenvalue weighted by Gasteiger charge is -2.29. The summed E-state index contributed by atoms with van der Waals surface area (Å²) in [7, 11) is 1.07. The van der Waals surface area contributed by atoms with Gasteiger partial charge in [-0.05, 0) is 19.3 Å². The predicted molar refractivity (Wildman–Crippen MR) is 76.3 cm³/mol. The Kier molecular flexibility index (Phi) is 6.96. The second kappa shape index (κ2) is 8.24. The van der Waals surface area contributed by atoms with Crippen LogP contribution < -0.4 is 5.32 Å². The van der Waals surface area contributed by atoms with E-state index in [9.17, 15) is 22.8 Å². The number of hydrogen-bond acceptors (Lipinski definition) is 2. The molecule has 5 nitrogen and oxygen atoms in total. The van der Waals surface area contributed by atoms with Crippen LogP contribution in [0.5, 0.6) is 0 Å². The summed E-state index contributed by atoms with van der Waals surface area (Å²) in [5.74, 6) is -0.756. The first-order valence-corrected chi connectivity index (χ1v) is 7.59. The van der Waals surface area contributed by atoms with Gasteiger partial charge in [0.15, 0.2) is 0 Å². The lowest BCUT2D eigenvalue weighted by atomic mass is 10.1. The van der Waals surface area contributed by atoms with E-state index in [-0.39, 0.29) is 12.1 Å². The van der Waals surface area contributed by atoms with Gasteiger partial charge in [0, 0.05) is 19.6 Å². The van der Waals surface area contributed by atoms with Gasteiger partial charge >= 0.3 is 12.2 Å². The van der Waals surface area contributed by atoms with Crippen LogP contribution >= 0.6 is 0 Å². The summed E-state index contributed by atoms with van der Waals surface area (Å²) in [5.41, 5.74) is 0. The molecular weight excluding hydrogens is 299 g/mol. The van der Waals surface area contributed by atoms with Gasteiger partial charge in [0.25, 0.3) is 0 Å². The largest absolute Gasteiger partial charge is 0.406 e. The van der Waals surface area contributed by atoms with Crippen molar-refractivity contribution in [3.63, 3.8) is 0 Å². The van der Waals surface area contributed by atoms with Gasteiger partial charge < -0.3 is 15.1 Å². The Morgan fingerprint density at radius 2 is 1.95 bits per heavy atom. The number of nitrogens with zero attached hydrogens (tertiary/aromatic N) is 2. The number of carbonyl (C=O) groups is 2. The summed E-state index contributed by atoms with van der Waals surface area (Å²) in [6.45, 7) is 0.886. The van der Waals surface area contributed by atoms with Gasteiger partial charge in [0.05, 0.1) is 6.54 Å². The number of alkyl halides is 3. The molecule has 1 rings (SSSR count). The molecule has 0 aromatic rings. The molecule has 1 heterocycles. The second-order valence-corrected chi connectivity index (χ2v) is 5.63. The molecule has 1 saturated heterocycles. The number of hydrogen-bond donors (Lipinski definition) is 1. The fraction of sp³-hybridized carbons (Fsp3) is 0.857. The van der Waals surface area contributed by atoms with Crippen LogP contribution in [0, 0.1) is 0 Å². The smallest absolute Gasteiger partial charge is 0.335 e. The molecule has 0 aromatic heterocycles. The highest BCUT2D eigenvalue weighted by molar-refractivity contribution is 5.84. The highest BCUT2D eigenvalue weighted by Gasteiger charge is 2.31. The molecule has 3 amide bonds. The molecule has 0 aliphatic carbocycles. The summed E-state index contributed by atoms with van der Waals surface area (Å²) in [6.07, 6.45) is 0.350. The average molecular weight is 323 g/mol. The van der Waals surface area contributed by atoms with Crippen molar-refractivity contribution in [3.8, 4) is 0 Å². The molecule has 8 heteroatoms. The highest BCUT2D eigenvalue weighted by Crippen LogP contribution is 2.19. The van der Waals surface area contributed by atoms with Crippen LogP contribution in [-0.2, 0) is 4.79 Å². The Morgan fingerprint density at radius 3 is 2.55 bits per heavy atom. The number of carbonyl (C=O) groups excluding carboxylic acids is 2. The van der Waals surface area contributed by atoms with Gasteiger partial charge in [-0.25, -0.2) is 4.79 Å². The first kappa shape index (κ1) is 18.6. The third-order valence-corrected chi connectivity index (χ3v) is 3.84. The van der Waals surface area contributed by atoms with Gasteiger partial charge in [-0.2, -0.15) is 13.2 Å². The lowest BCUT2D eigenvalue weighted by Crippen LogP contribution is -2.49. The van der Waals surface area contributed by atoms with Crippen molar-refractivity contribution < 1.29 is 22.8 Å². The Labute approximate surface area is 128 Å². The highest BCUT2D eigenvalue weighted by atomic mass is 19.4. The second-order valence-electron chi connectivity index (χ2n) is 5.63. The number of amides is 3. The first-order chi connectivity index (χ1) is 10.2. The Balaban J connectivity index is 2.48. The zero-order valence-corrected chi connectivity index (χ0v) is 13.1. The van der Waals surface area contributed by atoms with E-state index in [1.165, 1.54) is 0 Å². The fourth-order valence-corrected chi connectivity index (χ4v) is 2.61. The minimum absolute atomic E-state index is 0.130. The maximum atomic E-state index is 12.2. The molecule has 1 atom stereocenters. The molecule has 1 aliphatic rings. The van der Waals surface area contributed by atoms with Crippen LogP contribution in [0.2, 0.25) is 0 Å². The van der Waals surface area contributed by atoms with Gasteiger partial charge in [-0.1, -0.05) is 19.8 Å². The van der Waals surface area contributed by atoms with Crippen LogP contribution in [0.3, 0.4) is 0 Å². The monoisotopic (exact) mass is 323 g/mol. The summed E-state index contributed by atoms with van der Waals surface area (Å²) < 4.78 is 36.6. The SMILES string of the molecule is CC[C@@H]1CCCCCN1C(=O)NCC(=O)N(C)CC(F)(F)F. The van der Waals surface area contributed by atoms with Crippen molar-refractivity contribution >= 4 is 11.9 Å². The molecule has 0 radical (unpaired) electrons. The third kappa shape index (κ3) is 6.11. The van der Waals surface area contributed by atoms with E-state index >= 15 is 0 Å². The molecule has 0 aromatic carbocycles. The summed E-state index contributed by atoms with van der Waals surface area (Å²) in [5, 5.41) is 2.44. The van der Waals surface area contributed by atoms with Crippen molar-refractivity contribution in [2.24, 2.45) is 0 Å². The van der Waals surface area contributed by atoms with Crippen LogP contribution in [0.4, 0.5) is 18.0 Å². The van der Waals surface area contributed by atoms with E-state index in [0.717, 1.165) is 39.2 Å². The lowest BCUT2D eigenvalue weighted by molar-refractivity contribution is -0.157. The van der Waals surface area contributed by atoms with Crippen molar-refractivity contribution in [3.05, 3.63) is 0 Å². The predicted octanol–water partition coefficient (Wildman–Crippen LogP) is 2.37. The Hall–Kier alpha value is -1.47. The molecule has 0 bridgehead atoms. The molecule has 1 N–H and O–H groups in total. The van der Waals surface area contributed by atoms with E-state index in [1.807, 2.05) is 6.92 Å². The molecular formula is C14H24F3N3O2. The third-order valence-electron chi connectivity index (χ3n) is 3.84. The normalized spacial score (nSPS) is 19.5. The van der Waals surface area contributed by atoms with Crippen LogP contribution in [-0.4, -0.2) is 60.6 Å². The van der Waals surface area contributed by atoms with E-state index in [4.69, 9.17) is 0 Å². The first-order valence-electron chi connectivity index (χ1n) is 7.59. The van der Waals surface area contributed by atoms with Crippen molar-refractivity contribution in [2.75, 3.05) is 26.7 Å². The van der Waals surface area contributed by atoms with Gasteiger partial charge in [0.2, 0.25) is 5.91 Å². The Bertz CT molecular complexity index is 388. The summed E-state index contributed by atoms with van der Waals surface area (Å²) in [6, 6.07) is -0.243. The van der Waals surface area contributed by atoms with Crippen LogP contribution in [0.25, 0.3) is 0 Å². The van der Waals surface area contributed by atoms with Gasteiger partial charge in [0.1, 0.15) is 6.54 Å². The van der Waals surface area contributed by atoms with E-state index < -0.39 is 25.2 Å². The van der Waals surface area contributed by atoms with E-state index in [1.54, 1.807) is 4.90 Å². The molecule has 1 aliphatic heterocycles. The van der Waals surface area contributed by atoms with Crippen LogP contribution in [0.1, 0.15) is 39.0 Å². The maximum absolute atomic E-state index is 12.2. The number of nitrogens with one attached hydrogen (secondary N) is 1. The quantitative estimate of drug-likeness (QED) is 0.863. The number of likely N-dealkylation sites (N-methyl/N-ethyl adjacent to an activating group) is 1. The van der Waals surface area contributed by atoms with Gasteiger partial charge in [-0.3, -0.25) is 4.79 Å². The number of halogens is 3. The van der Waals surface area contributed by atoms with Crippen LogP contribution in [0.15, 0.2) is 0 Å². The molecule has 0 saturated carbocycles. The van der Waals surface area contributed by atoms with Crippen molar-refractivity contribution in [2.45, 2.75) is 51.2 Å². The fourth-order valence-electron chi connectivity index (χ4n) is 2.61. The molecule has 1 fully saturated rings. The zero-order chi connectivity index (χ0) is 16.8. The standard InChI is InChI=1S/C14H24F3N3O2/c1-3-11-7-5-4-6-8-20(11)13(22)18-9-12(21)19(2)10-14(15,16)17/h11H,3-10H2,1-2H3,(H,18,22)/t11-/m1/s1.